The largest absolute Gasteiger partial charge is 0.374 e. The van der Waals surface area contributed by atoms with Crippen LogP contribution in [0.2, 0.25) is 0 Å². The van der Waals surface area contributed by atoms with Crippen LogP contribution in [-0.2, 0) is 11.3 Å². The molecule has 0 unspecified atom stereocenters. The number of piperazine rings is 2. The second kappa shape index (κ2) is 8.84. The van der Waals surface area contributed by atoms with Gasteiger partial charge in [0.05, 0.1) is 0 Å². The van der Waals surface area contributed by atoms with Gasteiger partial charge in [0.25, 0.3) is 5.91 Å². The van der Waals surface area contributed by atoms with Crippen LogP contribution < -0.4 is 0 Å². The van der Waals surface area contributed by atoms with E-state index in [0.29, 0.717) is 13.1 Å². The highest BCUT2D eigenvalue weighted by molar-refractivity contribution is 5.97. The number of rotatable bonds is 4. The lowest BCUT2D eigenvalue weighted by atomic mass is 10.2. The van der Waals surface area contributed by atoms with E-state index in [4.69, 9.17) is 0 Å². The fraction of sp³-hybridized carbons (Fsp3) is 0.500. The molecule has 26 heavy (non-hydrogen) atoms. The van der Waals surface area contributed by atoms with Crippen LogP contribution in [0.4, 0.5) is 0 Å². The van der Waals surface area contributed by atoms with Crippen molar-refractivity contribution >= 4 is 5.91 Å². The summed E-state index contributed by atoms with van der Waals surface area (Å²) >= 11 is 0. The SMILES string of the molecule is CN1CCN(C(=O)/C(C#N)=C\N2CCN(Cc3ccccc3)CC2)CC1. The monoisotopic (exact) mass is 353 g/mol. The summed E-state index contributed by atoms with van der Waals surface area (Å²) in [6, 6.07) is 12.6. The lowest BCUT2D eigenvalue weighted by molar-refractivity contribution is -0.128. The average molecular weight is 353 g/mol. The van der Waals surface area contributed by atoms with Crippen LogP contribution in [-0.4, -0.2) is 84.9 Å². The third-order valence-electron chi connectivity index (χ3n) is 5.11. The molecular formula is C20H27N5O. The molecule has 6 heteroatoms. The molecule has 2 fully saturated rings. The standard InChI is InChI=1S/C20H27N5O/c1-22-7-13-25(14-8-22)20(26)19(15-21)17-24-11-9-23(10-12-24)16-18-5-3-2-4-6-18/h2-6,17H,7-14,16H2,1H3/b19-17-. The van der Waals surface area contributed by atoms with E-state index in [1.807, 2.05) is 6.07 Å². The Morgan fingerprint density at radius 2 is 1.69 bits per heavy atom. The first-order chi connectivity index (χ1) is 12.7. The fourth-order valence-corrected chi connectivity index (χ4v) is 3.39. The highest BCUT2D eigenvalue weighted by atomic mass is 16.2. The van der Waals surface area contributed by atoms with Crippen molar-refractivity contribution in [2.24, 2.45) is 0 Å². The summed E-state index contributed by atoms with van der Waals surface area (Å²) in [5, 5.41) is 9.44. The third kappa shape index (κ3) is 4.84. The number of hydrogen-bond acceptors (Lipinski definition) is 5. The van der Waals surface area contributed by atoms with Gasteiger partial charge in [0.1, 0.15) is 11.6 Å². The quantitative estimate of drug-likeness (QED) is 0.597. The van der Waals surface area contributed by atoms with Crippen LogP contribution in [0.5, 0.6) is 0 Å². The van der Waals surface area contributed by atoms with Gasteiger partial charge in [0.2, 0.25) is 0 Å². The smallest absolute Gasteiger partial charge is 0.266 e. The van der Waals surface area contributed by atoms with Gasteiger partial charge in [-0.25, -0.2) is 0 Å². The minimum atomic E-state index is -0.132. The highest BCUT2D eigenvalue weighted by Crippen LogP contribution is 2.11. The summed E-state index contributed by atoms with van der Waals surface area (Å²) in [4.78, 5) is 21.1. The van der Waals surface area contributed by atoms with Crippen LogP contribution in [0.15, 0.2) is 42.1 Å². The van der Waals surface area contributed by atoms with E-state index in [1.54, 1.807) is 11.1 Å². The predicted molar refractivity (Wildman–Crippen MR) is 101 cm³/mol. The van der Waals surface area contributed by atoms with Gasteiger partial charge in [-0.3, -0.25) is 9.69 Å². The molecule has 0 N–H and O–H groups in total. The van der Waals surface area contributed by atoms with Gasteiger partial charge in [0.15, 0.2) is 0 Å². The molecule has 6 nitrogen and oxygen atoms in total. The van der Waals surface area contributed by atoms with Crippen LogP contribution in [0, 0.1) is 11.3 Å². The van der Waals surface area contributed by atoms with Crippen LogP contribution in [0.1, 0.15) is 5.56 Å². The number of hydrogen-bond donors (Lipinski definition) is 0. The van der Waals surface area contributed by atoms with Crippen molar-refractivity contribution in [3.05, 3.63) is 47.7 Å². The Morgan fingerprint density at radius 3 is 2.31 bits per heavy atom. The molecule has 0 aromatic heterocycles. The zero-order valence-corrected chi connectivity index (χ0v) is 15.5. The Kier molecular flexibility index (Phi) is 6.26. The number of amides is 1. The number of nitrogens with zero attached hydrogens (tertiary/aromatic N) is 5. The van der Waals surface area contributed by atoms with Gasteiger partial charge in [-0.1, -0.05) is 30.3 Å². The highest BCUT2D eigenvalue weighted by Gasteiger charge is 2.23. The van der Waals surface area contributed by atoms with E-state index in [1.165, 1.54) is 5.56 Å². The molecule has 0 atom stereocenters. The second-order valence-corrected chi connectivity index (χ2v) is 7.05. The first-order valence-corrected chi connectivity index (χ1v) is 9.26. The number of nitriles is 1. The van der Waals surface area contributed by atoms with E-state index in [2.05, 4.69) is 52.1 Å². The van der Waals surface area contributed by atoms with Gasteiger partial charge < -0.3 is 14.7 Å². The molecule has 2 aliphatic heterocycles. The lowest BCUT2D eigenvalue weighted by Crippen LogP contribution is -2.48. The molecule has 1 aromatic rings. The number of likely N-dealkylation sites (N-methyl/N-ethyl adjacent to an activating group) is 1. The third-order valence-corrected chi connectivity index (χ3v) is 5.11. The minimum absolute atomic E-state index is 0.132. The lowest BCUT2D eigenvalue weighted by Gasteiger charge is -2.35. The topological polar surface area (TPSA) is 53.8 Å². The summed E-state index contributed by atoms with van der Waals surface area (Å²) < 4.78 is 0. The number of carbonyl (C=O) groups excluding carboxylic acids is 1. The van der Waals surface area contributed by atoms with Crippen molar-refractivity contribution in [3.63, 3.8) is 0 Å². The van der Waals surface area contributed by atoms with Crippen molar-refractivity contribution in [1.82, 2.24) is 19.6 Å². The number of benzene rings is 1. The molecule has 2 saturated heterocycles. The van der Waals surface area contributed by atoms with Crippen molar-refractivity contribution in [1.29, 1.82) is 5.26 Å². The van der Waals surface area contributed by atoms with Crippen LogP contribution >= 0.6 is 0 Å². The molecule has 3 rings (SSSR count). The van der Waals surface area contributed by atoms with Crippen LogP contribution in [0.3, 0.4) is 0 Å². The van der Waals surface area contributed by atoms with Crippen molar-refractivity contribution < 1.29 is 4.79 Å². The van der Waals surface area contributed by atoms with Gasteiger partial charge >= 0.3 is 0 Å². The molecule has 0 bridgehead atoms. The maximum atomic E-state index is 12.6. The van der Waals surface area contributed by atoms with Crippen molar-refractivity contribution in [3.8, 4) is 6.07 Å². The predicted octanol–water partition coefficient (Wildman–Crippen LogP) is 0.986. The molecule has 138 valence electrons. The van der Waals surface area contributed by atoms with E-state index < -0.39 is 0 Å². The summed E-state index contributed by atoms with van der Waals surface area (Å²) in [5.74, 6) is -0.132. The second-order valence-electron chi connectivity index (χ2n) is 7.05. The molecule has 1 aromatic carbocycles. The molecule has 0 aliphatic carbocycles. The van der Waals surface area contributed by atoms with E-state index in [-0.39, 0.29) is 11.5 Å². The van der Waals surface area contributed by atoms with Crippen LogP contribution in [0.25, 0.3) is 0 Å². The fourth-order valence-electron chi connectivity index (χ4n) is 3.39. The Morgan fingerprint density at radius 1 is 1.04 bits per heavy atom. The zero-order valence-electron chi connectivity index (χ0n) is 15.5. The van der Waals surface area contributed by atoms with E-state index in [9.17, 15) is 10.1 Å². The summed E-state index contributed by atoms with van der Waals surface area (Å²) in [7, 11) is 2.05. The van der Waals surface area contributed by atoms with Gasteiger partial charge in [-0.2, -0.15) is 5.26 Å². The van der Waals surface area contributed by atoms with E-state index >= 15 is 0 Å². The average Bonchev–Trinajstić information content (AvgIpc) is 2.68. The number of carbonyl (C=O) groups is 1. The normalized spacial score (nSPS) is 20.1. The molecule has 2 aliphatic rings. The van der Waals surface area contributed by atoms with Crippen molar-refractivity contribution in [2.75, 3.05) is 59.4 Å². The molecule has 2 heterocycles. The minimum Gasteiger partial charge on any atom is -0.374 e. The maximum absolute atomic E-state index is 12.6. The Hall–Kier alpha value is -2.36. The molecule has 0 spiro atoms. The zero-order chi connectivity index (χ0) is 18.4. The van der Waals surface area contributed by atoms with Gasteiger partial charge in [-0.05, 0) is 12.6 Å². The van der Waals surface area contributed by atoms with Gasteiger partial charge in [-0.15, -0.1) is 0 Å². The molecule has 1 amide bonds. The summed E-state index contributed by atoms with van der Waals surface area (Å²) in [6.45, 7) is 7.62. The van der Waals surface area contributed by atoms with E-state index in [0.717, 1.165) is 45.8 Å². The Balaban J connectivity index is 1.52. The molecular weight excluding hydrogens is 326 g/mol. The maximum Gasteiger partial charge on any atom is 0.266 e. The first-order valence-electron chi connectivity index (χ1n) is 9.26. The molecule has 0 saturated carbocycles. The summed E-state index contributed by atoms with van der Waals surface area (Å²) in [6.07, 6.45) is 1.76. The van der Waals surface area contributed by atoms with Gasteiger partial charge in [0, 0.05) is 65.1 Å². The summed E-state index contributed by atoms with van der Waals surface area (Å²) in [5.41, 5.74) is 1.57. The Bertz CT molecular complexity index is 665. The Labute approximate surface area is 155 Å². The van der Waals surface area contributed by atoms with Crippen molar-refractivity contribution in [2.45, 2.75) is 6.54 Å². The first kappa shape index (κ1) is 18.4. The molecule has 0 radical (unpaired) electrons.